The smallest absolute Gasteiger partial charge is 0.313 e. The largest absolute Gasteiger partial charge is 0.497 e. The molecule has 0 bridgehead atoms. The maximum Gasteiger partial charge on any atom is 0.313 e. The number of rotatable bonds is 4. The predicted molar refractivity (Wildman–Crippen MR) is 93.3 cm³/mol. The Morgan fingerprint density at radius 2 is 1.83 bits per heavy atom. The van der Waals surface area contributed by atoms with Crippen molar-refractivity contribution in [1.29, 1.82) is 0 Å². The standard InChI is InChI=1S/C20H24O4/c1-13(20(22)24-19-6-4-3-5-18(19)21)14-7-8-16-12-17(23-2)10-9-15(16)11-14/h7-13,18-19,21H,3-6H2,1-2H3/t13-,18+,19?/m0/s1. The fourth-order valence-corrected chi connectivity index (χ4v) is 3.24. The van der Waals surface area contributed by atoms with E-state index in [4.69, 9.17) is 9.47 Å². The first-order valence-corrected chi connectivity index (χ1v) is 8.55. The van der Waals surface area contributed by atoms with Crippen LogP contribution in [0.5, 0.6) is 5.75 Å². The predicted octanol–water partition coefficient (Wildman–Crippen LogP) is 3.80. The maximum atomic E-state index is 12.4. The lowest BCUT2D eigenvalue weighted by Gasteiger charge is -2.28. The molecule has 4 nitrogen and oxygen atoms in total. The Kier molecular flexibility index (Phi) is 5.05. The monoisotopic (exact) mass is 328 g/mol. The average Bonchev–Trinajstić information content (AvgIpc) is 2.62. The number of esters is 1. The first-order chi connectivity index (χ1) is 11.6. The molecule has 0 aromatic heterocycles. The Bertz CT molecular complexity index is 725. The van der Waals surface area contributed by atoms with Gasteiger partial charge in [-0.15, -0.1) is 0 Å². The molecule has 1 aliphatic rings. The van der Waals surface area contributed by atoms with Gasteiger partial charge in [0.25, 0.3) is 0 Å². The van der Waals surface area contributed by atoms with Gasteiger partial charge in [-0.05, 0) is 54.7 Å². The highest BCUT2D eigenvalue weighted by Crippen LogP contribution is 2.27. The molecule has 1 saturated carbocycles. The minimum absolute atomic E-state index is 0.270. The number of hydrogen-bond acceptors (Lipinski definition) is 4. The number of carbonyl (C=O) groups is 1. The van der Waals surface area contributed by atoms with Gasteiger partial charge >= 0.3 is 5.97 Å². The number of ether oxygens (including phenoxy) is 2. The highest BCUT2D eigenvalue weighted by Gasteiger charge is 2.28. The summed E-state index contributed by atoms with van der Waals surface area (Å²) in [6.07, 6.45) is 2.57. The number of aliphatic hydroxyl groups excluding tert-OH is 1. The van der Waals surface area contributed by atoms with Gasteiger partial charge in [-0.1, -0.05) is 30.7 Å². The van der Waals surface area contributed by atoms with E-state index in [-0.39, 0.29) is 18.0 Å². The van der Waals surface area contributed by atoms with Gasteiger partial charge in [0.2, 0.25) is 0 Å². The molecule has 0 aliphatic heterocycles. The van der Waals surface area contributed by atoms with Crippen LogP contribution in [0.25, 0.3) is 10.8 Å². The maximum absolute atomic E-state index is 12.4. The first-order valence-electron chi connectivity index (χ1n) is 8.55. The lowest BCUT2D eigenvalue weighted by molar-refractivity contribution is -0.159. The van der Waals surface area contributed by atoms with Crippen LogP contribution in [0, 0.1) is 0 Å². The minimum atomic E-state index is -0.529. The zero-order valence-electron chi connectivity index (χ0n) is 14.2. The van der Waals surface area contributed by atoms with Crippen molar-refractivity contribution >= 4 is 16.7 Å². The van der Waals surface area contributed by atoms with E-state index in [2.05, 4.69) is 0 Å². The van der Waals surface area contributed by atoms with Gasteiger partial charge < -0.3 is 14.6 Å². The molecule has 0 heterocycles. The third-order valence-electron chi connectivity index (χ3n) is 4.86. The molecule has 3 atom stereocenters. The number of benzene rings is 2. The molecule has 128 valence electrons. The molecule has 2 aromatic rings. The molecule has 1 N–H and O–H groups in total. The van der Waals surface area contributed by atoms with Crippen molar-refractivity contribution in [2.24, 2.45) is 0 Å². The Hall–Kier alpha value is -2.07. The van der Waals surface area contributed by atoms with Crippen LogP contribution in [-0.4, -0.2) is 30.4 Å². The highest BCUT2D eigenvalue weighted by molar-refractivity contribution is 5.86. The summed E-state index contributed by atoms with van der Waals surface area (Å²) >= 11 is 0. The topological polar surface area (TPSA) is 55.8 Å². The van der Waals surface area contributed by atoms with Crippen LogP contribution < -0.4 is 4.74 Å². The molecule has 0 amide bonds. The second-order valence-electron chi connectivity index (χ2n) is 6.52. The lowest BCUT2D eigenvalue weighted by Crippen LogP contribution is -2.35. The van der Waals surface area contributed by atoms with E-state index >= 15 is 0 Å². The van der Waals surface area contributed by atoms with Crippen molar-refractivity contribution < 1.29 is 19.4 Å². The van der Waals surface area contributed by atoms with Crippen LogP contribution in [0.2, 0.25) is 0 Å². The molecular formula is C20H24O4. The van der Waals surface area contributed by atoms with Gasteiger partial charge in [0, 0.05) is 0 Å². The average molecular weight is 328 g/mol. The van der Waals surface area contributed by atoms with Crippen LogP contribution in [0.3, 0.4) is 0 Å². The fraction of sp³-hybridized carbons (Fsp3) is 0.450. The second kappa shape index (κ2) is 7.22. The zero-order chi connectivity index (χ0) is 17.1. The number of fused-ring (bicyclic) bond motifs is 1. The summed E-state index contributed by atoms with van der Waals surface area (Å²) in [5.41, 5.74) is 0.919. The fourth-order valence-electron chi connectivity index (χ4n) is 3.24. The quantitative estimate of drug-likeness (QED) is 0.868. The summed E-state index contributed by atoms with van der Waals surface area (Å²) in [4.78, 5) is 12.4. The molecule has 4 heteroatoms. The molecule has 0 saturated heterocycles. The molecule has 3 rings (SSSR count). The van der Waals surface area contributed by atoms with Gasteiger partial charge in [0.15, 0.2) is 0 Å². The molecule has 1 unspecified atom stereocenters. The summed E-state index contributed by atoms with van der Waals surface area (Å²) in [6, 6.07) is 11.8. The summed E-state index contributed by atoms with van der Waals surface area (Å²) in [6.45, 7) is 1.85. The number of carbonyl (C=O) groups excluding carboxylic acids is 1. The lowest BCUT2D eigenvalue weighted by atomic mass is 9.94. The molecule has 0 radical (unpaired) electrons. The van der Waals surface area contributed by atoms with Gasteiger partial charge in [-0.2, -0.15) is 0 Å². The summed E-state index contributed by atoms with van der Waals surface area (Å²) < 4.78 is 10.8. The van der Waals surface area contributed by atoms with Crippen LogP contribution >= 0.6 is 0 Å². The zero-order valence-corrected chi connectivity index (χ0v) is 14.2. The van der Waals surface area contributed by atoms with E-state index in [1.165, 1.54) is 0 Å². The van der Waals surface area contributed by atoms with Crippen molar-refractivity contribution in [3.05, 3.63) is 42.0 Å². The van der Waals surface area contributed by atoms with Crippen LogP contribution in [-0.2, 0) is 9.53 Å². The Labute approximate surface area is 142 Å². The van der Waals surface area contributed by atoms with Gasteiger partial charge in [-0.3, -0.25) is 4.79 Å². The molecular weight excluding hydrogens is 304 g/mol. The number of hydrogen-bond donors (Lipinski definition) is 1. The van der Waals surface area contributed by atoms with E-state index in [9.17, 15) is 9.90 Å². The van der Waals surface area contributed by atoms with Crippen molar-refractivity contribution in [3.63, 3.8) is 0 Å². The number of aliphatic hydroxyl groups is 1. The van der Waals surface area contributed by atoms with Crippen molar-refractivity contribution in [2.75, 3.05) is 7.11 Å². The Morgan fingerprint density at radius 1 is 1.12 bits per heavy atom. The van der Waals surface area contributed by atoms with Gasteiger partial charge in [-0.25, -0.2) is 0 Å². The van der Waals surface area contributed by atoms with Gasteiger partial charge in [0.05, 0.1) is 19.1 Å². The summed E-state index contributed by atoms with van der Waals surface area (Å²) in [5.74, 6) is 0.188. The molecule has 1 fully saturated rings. The third kappa shape index (κ3) is 3.54. The Balaban J connectivity index is 1.74. The molecule has 1 aliphatic carbocycles. The second-order valence-corrected chi connectivity index (χ2v) is 6.52. The Morgan fingerprint density at radius 3 is 2.58 bits per heavy atom. The molecule has 2 aromatic carbocycles. The van der Waals surface area contributed by atoms with Crippen LogP contribution in [0.4, 0.5) is 0 Å². The van der Waals surface area contributed by atoms with E-state index in [0.717, 1.165) is 41.3 Å². The van der Waals surface area contributed by atoms with E-state index in [1.54, 1.807) is 7.11 Å². The van der Waals surface area contributed by atoms with Crippen molar-refractivity contribution in [1.82, 2.24) is 0 Å². The summed E-state index contributed by atoms with van der Waals surface area (Å²) in [5, 5.41) is 12.1. The van der Waals surface area contributed by atoms with Crippen LogP contribution in [0.15, 0.2) is 36.4 Å². The van der Waals surface area contributed by atoms with Gasteiger partial charge in [0.1, 0.15) is 11.9 Å². The van der Waals surface area contributed by atoms with Crippen molar-refractivity contribution in [3.8, 4) is 5.75 Å². The summed E-state index contributed by atoms with van der Waals surface area (Å²) in [7, 11) is 1.65. The SMILES string of the molecule is COc1ccc2cc([C@H](C)C(=O)OC3CCCC[C@H]3O)ccc2c1. The van der Waals surface area contributed by atoms with E-state index in [0.29, 0.717) is 6.42 Å². The first kappa shape index (κ1) is 16.8. The van der Waals surface area contributed by atoms with E-state index in [1.807, 2.05) is 43.3 Å². The highest BCUT2D eigenvalue weighted by atomic mass is 16.6. The van der Waals surface area contributed by atoms with Crippen LogP contribution in [0.1, 0.15) is 44.1 Å². The van der Waals surface area contributed by atoms with E-state index < -0.39 is 6.10 Å². The van der Waals surface area contributed by atoms with Crippen molar-refractivity contribution in [2.45, 2.75) is 50.7 Å². The normalized spacial score (nSPS) is 22.1. The minimum Gasteiger partial charge on any atom is -0.497 e. The number of methoxy groups -OCH3 is 1. The molecule has 0 spiro atoms. The third-order valence-corrected chi connectivity index (χ3v) is 4.86. The molecule has 24 heavy (non-hydrogen) atoms.